The van der Waals surface area contributed by atoms with Crippen molar-refractivity contribution >= 4 is 0 Å². The van der Waals surface area contributed by atoms with Crippen LogP contribution in [0, 0.1) is 11.3 Å². The van der Waals surface area contributed by atoms with Gasteiger partial charge in [0, 0.05) is 0 Å². The molecule has 0 radical (unpaired) electrons. The van der Waals surface area contributed by atoms with E-state index in [0.717, 1.165) is 5.56 Å². The summed E-state index contributed by atoms with van der Waals surface area (Å²) in [5.41, 5.74) is 0.738. The van der Waals surface area contributed by atoms with E-state index in [1.807, 2.05) is 6.07 Å². The number of pyridine rings is 1. The first-order chi connectivity index (χ1) is 6.33. The molecule has 0 spiro atoms. The summed E-state index contributed by atoms with van der Waals surface area (Å²) in [5, 5.41) is 8.58. The van der Waals surface area contributed by atoms with Crippen molar-refractivity contribution in [2.24, 2.45) is 0 Å². The summed E-state index contributed by atoms with van der Waals surface area (Å²) in [4.78, 5) is 3.91. The molecule has 0 aromatic carbocycles. The SMILES string of the molecule is COc1cncc(OC)c1CC#N. The van der Waals surface area contributed by atoms with Crippen molar-refractivity contribution in [3.8, 4) is 17.6 Å². The first kappa shape index (κ1) is 9.33. The molecule has 0 saturated carbocycles. The minimum atomic E-state index is 0.259. The first-order valence-electron chi connectivity index (χ1n) is 3.75. The zero-order chi connectivity index (χ0) is 9.68. The van der Waals surface area contributed by atoms with Crippen LogP contribution >= 0.6 is 0 Å². The normalized spacial score (nSPS) is 9.00. The largest absolute Gasteiger partial charge is 0.495 e. The van der Waals surface area contributed by atoms with E-state index in [0.29, 0.717) is 11.5 Å². The molecule has 13 heavy (non-hydrogen) atoms. The van der Waals surface area contributed by atoms with Gasteiger partial charge in [0.25, 0.3) is 0 Å². The summed E-state index contributed by atoms with van der Waals surface area (Å²) >= 11 is 0. The number of aromatic nitrogens is 1. The van der Waals surface area contributed by atoms with Crippen LogP contribution in [-0.4, -0.2) is 19.2 Å². The molecular formula is C9H10N2O2. The van der Waals surface area contributed by atoms with Crippen LogP contribution in [0.5, 0.6) is 11.5 Å². The predicted octanol–water partition coefficient (Wildman–Crippen LogP) is 1.16. The molecule has 1 aromatic rings. The summed E-state index contributed by atoms with van der Waals surface area (Å²) in [7, 11) is 3.08. The molecule has 4 heteroatoms. The van der Waals surface area contributed by atoms with Gasteiger partial charge in [-0.15, -0.1) is 0 Å². The van der Waals surface area contributed by atoms with Crippen LogP contribution in [0.1, 0.15) is 5.56 Å². The number of rotatable bonds is 3. The molecule has 1 aromatic heterocycles. The van der Waals surface area contributed by atoms with Crippen LogP contribution < -0.4 is 9.47 Å². The Bertz CT molecular complexity index is 309. The van der Waals surface area contributed by atoms with E-state index in [1.165, 1.54) is 14.2 Å². The van der Waals surface area contributed by atoms with Crippen molar-refractivity contribution < 1.29 is 9.47 Å². The topological polar surface area (TPSA) is 55.1 Å². The third kappa shape index (κ3) is 1.88. The molecule has 0 saturated heterocycles. The minimum absolute atomic E-state index is 0.259. The van der Waals surface area contributed by atoms with Crippen molar-refractivity contribution in [1.29, 1.82) is 5.26 Å². The number of nitriles is 1. The highest BCUT2D eigenvalue weighted by Gasteiger charge is 2.09. The smallest absolute Gasteiger partial charge is 0.145 e. The Kier molecular flexibility index (Phi) is 3.09. The van der Waals surface area contributed by atoms with Crippen LogP contribution in [0.25, 0.3) is 0 Å². The molecule has 0 N–H and O–H groups in total. The molecule has 0 aliphatic carbocycles. The number of hydrogen-bond donors (Lipinski definition) is 0. The second-order valence-electron chi connectivity index (χ2n) is 2.36. The third-order valence-electron chi connectivity index (χ3n) is 1.67. The maximum absolute atomic E-state index is 8.58. The highest BCUT2D eigenvalue weighted by Crippen LogP contribution is 2.26. The van der Waals surface area contributed by atoms with Gasteiger partial charge in [-0.25, -0.2) is 0 Å². The van der Waals surface area contributed by atoms with Crippen molar-refractivity contribution in [3.63, 3.8) is 0 Å². The Morgan fingerprint density at radius 1 is 1.31 bits per heavy atom. The monoisotopic (exact) mass is 178 g/mol. The summed E-state index contributed by atoms with van der Waals surface area (Å²) in [6.45, 7) is 0. The molecule has 0 atom stereocenters. The standard InChI is InChI=1S/C9H10N2O2/c1-12-8-5-11-6-9(13-2)7(8)3-4-10/h5-6H,3H2,1-2H3. The molecule has 0 aliphatic heterocycles. The summed E-state index contributed by atoms with van der Waals surface area (Å²) in [6, 6.07) is 2.05. The Balaban J connectivity index is 3.14. The van der Waals surface area contributed by atoms with Crippen LogP contribution in [-0.2, 0) is 6.42 Å². The first-order valence-corrected chi connectivity index (χ1v) is 3.75. The molecule has 0 amide bonds. The lowest BCUT2D eigenvalue weighted by molar-refractivity contribution is 0.384. The lowest BCUT2D eigenvalue weighted by Crippen LogP contribution is -1.96. The highest BCUT2D eigenvalue weighted by atomic mass is 16.5. The highest BCUT2D eigenvalue weighted by molar-refractivity contribution is 5.43. The van der Waals surface area contributed by atoms with E-state index in [4.69, 9.17) is 14.7 Å². The van der Waals surface area contributed by atoms with E-state index in [9.17, 15) is 0 Å². The molecule has 0 fully saturated rings. The summed E-state index contributed by atoms with van der Waals surface area (Å²) in [5.74, 6) is 1.17. The van der Waals surface area contributed by atoms with Gasteiger partial charge in [0.05, 0.1) is 44.7 Å². The van der Waals surface area contributed by atoms with E-state index >= 15 is 0 Å². The maximum atomic E-state index is 8.58. The zero-order valence-electron chi connectivity index (χ0n) is 7.57. The molecule has 68 valence electrons. The Labute approximate surface area is 76.7 Å². The number of hydrogen-bond acceptors (Lipinski definition) is 4. The molecule has 0 unspecified atom stereocenters. The lowest BCUT2D eigenvalue weighted by atomic mass is 10.2. The minimum Gasteiger partial charge on any atom is -0.495 e. The molecule has 0 aliphatic rings. The third-order valence-corrected chi connectivity index (χ3v) is 1.67. The van der Waals surface area contributed by atoms with Gasteiger partial charge in [0.1, 0.15) is 11.5 Å². The second-order valence-corrected chi connectivity index (χ2v) is 2.36. The van der Waals surface area contributed by atoms with Crippen molar-refractivity contribution in [1.82, 2.24) is 4.98 Å². The van der Waals surface area contributed by atoms with Crippen LogP contribution in [0.2, 0.25) is 0 Å². The van der Waals surface area contributed by atoms with Gasteiger partial charge >= 0.3 is 0 Å². The van der Waals surface area contributed by atoms with Gasteiger partial charge in [-0.05, 0) is 0 Å². The fourth-order valence-corrected chi connectivity index (χ4v) is 1.06. The van der Waals surface area contributed by atoms with Gasteiger partial charge in [0.2, 0.25) is 0 Å². The van der Waals surface area contributed by atoms with E-state index in [1.54, 1.807) is 12.4 Å². The van der Waals surface area contributed by atoms with E-state index in [-0.39, 0.29) is 6.42 Å². The van der Waals surface area contributed by atoms with Gasteiger partial charge in [-0.3, -0.25) is 4.98 Å². The Morgan fingerprint density at radius 2 is 1.85 bits per heavy atom. The number of methoxy groups -OCH3 is 2. The van der Waals surface area contributed by atoms with Crippen molar-refractivity contribution in [2.75, 3.05) is 14.2 Å². The summed E-state index contributed by atoms with van der Waals surface area (Å²) < 4.78 is 10.1. The van der Waals surface area contributed by atoms with Gasteiger partial charge < -0.3 is 9.47 Å². The lowest BCUT2D eigenvalue weighted by Gasteiger charge is -2.08. The average Bonchev–Trinajstić information content (AvgIpc) is 2.18. The molecule has 0 bridgehead atoms. The number of ether oxygens (including phenoxy) is 2. The number of nitrogens with zero attached hydrogens (tertiary/aromatic N) is 2. The van der Waals surface area contributed by atoms with Crippen LogP contribution in [0.4, 0.5) is 0 Å². The predicted molar refractivity (Wildman–Crippen MR) is 46.7 cm³/mol. The van der Waals surface area contributed by atoms with Gasteiger partial charge in [-0.1, -0.05) is 0 Å². The van der Waals surface area contributed by atoms with Gasteiger partial charge in [-0.2, -0.15) is 5.26 Å². The van der Waals surface area contributed by atoms with E-state index < -0.39 is 0 Å². The molecule has 1 heterocycles. The van der Waals surface area contributed by atoms with Crippen molar-refractivity contribution in [3.05, 3.63) is 18.0 Å². The quantitative estimate of drug-likeness (QED) is 0.697. The Morgan fingerprint density at radius 3 is 2.23 bits per heavy atom. The fraction of sp³-hybridized carbons (Fsp3) is 0.333. The van der Waals surface area contributed by atoms with E-state index in [2.05, 4.69) is 4.98 Å². The van der Waals surface area contributed by atoms with Crippen LogP contribution in [0.15, 0.2) is 12.4 Å². The maximum Gasteiger partial charge on any atom is 0.145 e. The molecule has 1 rings (SSSR count). The molecular weight excluding hydrogens is 168 g/mol. The molecule has 4 nitrogen and oxygen atoms in total. The summed E-state index contributed by atoms with van der Waals surface area (Å²) in [6.07, 6.45) is 3.39. The average molecular weight is 178 g/mol. The second kappa shape index (κ2) is 4.31. The van der Waals surface area contributed by atoms with Crippen LogP contribution in [0.3, 0.4) is 0 Å². The van der Waals surface area contributed by atoms with Gasteiger partial charge in [0.15, 0.2) is 0 Å². The fourth-order valence-electron chi connectivity index (χ4n) is 1.06. The Hall–Kier alpha value is -1.76. The zero-order valence-corrected chi connectivity index (χ0v) is 7.57. The van der Waals surface area contributed by atoms with Crippen molar-refractivity contribution in [2.45, 2.75) is 6.42 Å².